The van der Waals surface area contributed by atoms with Gasteiger partial charge in [0.25, 0.3) is 0 Å². The molecule has 0 bridgehead atoms. The number of aromatic amines is 1. The number of nitrogens with zero attached hydrogens (tertiary/aromatic N) is 5. The molecule has 1 saturated heterocycles. The number of sulfone groups is 1. The van der Waals surface area contributed by atoms with Gasteiger partial charge in [-0.3, -0.25) is 14.8 Å². The maximum absolute atomic E-state index is 12.6. The smallest absolute Gasteiger partial charge is 0.238 e. The summed E-state index contributed by atoms with van der Waals surface area (Å²) in [5.74, 6) is 2.54. The van der Waals surface area contributed by atoms with E-state index in [1.807, 2.05) is 19.2 Å². The molecule has 3 N–H and O–H groups in total. The van der Waals surface area contributed by atoms with Crippen LogP contribution in [0.3, 0.4) is 0 Å². The van der Waals surface area contributed by atoms with Crippen molar-refractivity contribution in [3.05, 3.63) is 48.3 Å². The molecule has 1 aliphatic carbocycles. The Morgan fingerprint density at radius 3 is 2.65 bits per heavy atom. The number of piperidine rings is 1. The molecule has 2 aromatic heterocycles. The first kappa shape index (κ1) is 25.2. The van der Waals surface area contributed by atoms with Crippen LogP contribution in [-0.2, 0) is 14.6 Å². The number of amides is 1. The van der Waals surface area contributed by atoms with Gasteiger partial charge in [-0.25, -0.2) is 13.4 Å². The first-order valence-electron chi connectivity index (χ1n) is 12.4. The summed E-state index contributed by atoms with van der Waals surface area (Å²) in [6.45, 7) is 1.78. The van der Waals surface area contributed by atoms with Crippen molar-refractivity contribution in [1.29, 1.82) is 0 Å². The normalized spacial score (nSPS) is 16.9. The number of hydrogen-bond donors (Lipinski definition) is 3. The van der Waals surface area contributed by atoms with Gasteiger partial charge in [-0.1, -0.05) is 6.07 Å². The summed E-state index contributed by atoms with van der Waals surface area (Å²) >= 11 is 0. The number of benzene rings is 1. The summed E-state index contributed by atoms with van der Waals surface area (Å²) in [6, 6.07) is 10.4. The third kappa shape index (κ3) is 6.44. The van der Waals surface area contributed by atoms with Crippen LogP contribution in [0.5, 0.6) is 0 Å². The first-order valence-corrected chi connectivity index (χ1v) is 14.3. The van der Waals surface area contributed by atoms with Crippen LogP contribution in [0.1, 0.15) is 37.3 Å². The molecule has 11 nitrogen and oxygen atoms in total. The molecule has 3 heterocycles. The highest BCUT2D eigenvalue weighted by molar-refractivity contribution is 7.90. The van der Waals surface area contributed by atoms with Crippen molar-refractivity contribution < 1.29 is 13.2 Å². The lowest BCUT2D eigenvalue weighted by Crippen LogP contribution is -2.46. The molecule has 0 atom stereocenters. The Morgan fingerprint density at radius 2 is 1.92 bits per heavy atom. The van der Waals surface area contributed by atoms with Crippen molar-refractivity contribution in [2.24, 2.45) is 0 Å². The Kier molecular flexibility index (Phi) is 7.11. The number of carbonyl (C=O) groups is 1. The van der Waals surface area contributed by atoms with E-state index in [1.165, 1.54) is 25.0 Å². The van der Waals surface area contributed by atoms with E-state index in [-0.39, 0.29) is 23.4 Å². The van der Waals surface area contributed by atoms with Gasteiger partial charge in [-0.05, 0) is 49.9 Å². The largest absolute Gasteiger partial charge is 0.341 e. The van der Waals surface area contributed by atoms with Gasteiger partial charge in [-0.15, -0.1) is 0 Å². The molecule has 3 aromatic rings. The highest BCUT2D eigenvalue weighted by Crippen LogP contribution is 2.39. The van der Waals surface area contributed by atoms with Crippen LogP contribution in [0.2, 0.25) is 0 Å². The van der Waals surface area contributed by atoms with E-state index in [1.54, 1.807) is 18.3 Å². The van der Waals surface area contributed by atoms with Crippen LogP contribution in [0, 0.1) is 0 Å². The molecule has 0 unspecified atom stereocenters. The second kappa shape index (κ2) is 10.5. The van der Waals surface area contributed by atoms with Crippen LogP contribution in [0.15, 0.2) is 47.5 Å². The fraction of sp³-hybridized carbons (Fsp3) is 0.440. The van der Waals surface area contributed by atoms with E-state index in [0.717, 1.165) is 43.7 Å². The van der Waals surface area contributed by atoms with Crippen molar-refractivity contribution >= 4 is 39.0 Å². The van der Waals surface area contributed by atoms with Gasteiger partial charge in [0.1, 0.15) is 5.82 Å². The van der Waals surface area contributed by atoms with Gasteiger partial charge in [0.2, 0.25) is 11.9 Å². The Hall–Kier alpha value is -3.51. The fourth-order valence-electron chi connectivity index (χ4n) is 4.56. The maximum atomic E-state index is 12.6. The molecule has 5 rings (SSSR count). The number of likely N-dealkylation sites (tertiary alicyclic amines) is 1. The van der Waals surface area contributed by atoms with E-state index >= 15 is 0 Å². The van der Waals surface area contributed by atoms with Gasteiger partial charge >= 0.3 is 0 Å². The Morgan fingerprint density at radius 1 is 1.14 bits per heavy atom. The second-order valence-corrected chi connectivity index (χ2v) is 11.8. The van der Waals surface area contributed by atoms with E-state index in [0.29, 0.717) is 23.4 Å². The minimum absolute atomic E-state index is 0.164. The van der Waals surface area contributed by atoms with Crippen molar-refractivity contribution in [3.8, 4) is 0 Å². The lowest BCUT2D eigenvalue weighted by atomic mass is 10.0. The molecule has 0 radical (unpaired) electrons. The Balaban J connectivity index is 1.12. The third-order valence-electron chi connectivity index (χ3n) is 6.85. The van der Waals surface area contributed by atoms with Crippen molar-refractivity contribution in [2.45, 2.75) is 42.5 Å². The Bertz CT molecular complexity index is 1360. The van der Waals surface area contributed by atoms with Gasteiger partial charge in [-0.2, -0.15) is 10.1 Å². The first-order chi connectivity index (χ1) is 17.7. The number of anilines is 4. The quantitative estimate of drug-likeness (QED) is 0.386. The summed E-state index contributed by atoms with van der Waals surface area (Å²) in [6.07, 6.45) is 7.07. The van der Waals surface area contributed by atoms with Gasteiger partial charge in [0, 0.05) is 62.0 Å². The average Bonchev–Trinajstić information content (AvgIpc) is 3.62. The van der Waals surface area contributed by atoms with E-state index < -0.39 is 9.84 Å². The number of H-pyrrole nitrogens is 1. The molecule has 1 aliphatic heterocycles. The zero-order valence-electron chi connectivity index (χ0n) is 21.0. The van der Waals surface area contributed by atoms with E-state index in [9.17, 15) is 13.2 Å². The predicted octanol–water partition coefficient (Wildman–Crippen LogP) is 2.76. The second-order valence-electron chi connectivity index (χ2n) is 9.82. The molecular weight excluding hydrogens is 492 g/mol. The molecule has 1 amide bonds. The third-order valence-corrected chi connectivity index (χ3v) is 7.96. The topological polar surface area (TPSA) is 136 Å². The average molecular weight is 525 g/mol. The van der Waals surface area contributed by atoms with E-state index in [4.69, 9.17) is 0 Å². The number of rotatable bonds is 9. The lowest BCUT2D eigenvalue weighted by Gasteiger charge is -2.36. The molecule has 2 fully saturated rings. The molecule has 1 aromatic carbocycles. The fourth-order valence-corrected chi connectivity index (χ4v) is 5.23. The monoisotopic (exact) mass is 524 g/mol. The predicted molar refractivity (Wildman–Crippen MR) is 142 cm³/mol. The number of hydrogen-bond acceptors (Lipinski definition) is 9. The summed E-state index contributed by atoms with van der Waals surface area (Å²) in [7, 11) is -1.33. The zero-order valence-corrected chi connectivity index (χ0v) is 21.8. The van der Waals surface area contributed by atoms with Crippen LogP contribution >= 0.6 is 0 Å². The van der Waals surface area contributed by atoms with Gasteiger partial charge in [0.05, 0.1) is 11.4 Å². The van der Waals surface area contributed by atoms with Gasteiger partial charge < -0.3 is 15.5 Å². The minimum atomic E-state index is -3.33. The van der Waals surface area contributed by atoms with Crippen LogP contribution < -0.4 is 15.5 Å². The molecule has 2 aliphatic rings. The molecule has 12 heteroatoms. The molecule has 37 heavy (non-hydrogen) atoms. The number of carbonyl (C=O) groups excluding carboxylic acids is 1. The van der Waals surface area contributed by atoms with Crippen LogP contribution in [-0.4, -0.2) is 78.4 Å². The molecule has 0 spiro atoms. The molecule has 196 valence electrons. The maximum Gasteiger partial charge on any atom is 0.238 e. The van der Waals surface area contributed by atoms with Crippen molar-refractivity contribution in [2.75, 3.05) is 48.5 Å². The van der Waals surface area contributed by atoms with Crippen molar-refractivity contribution in [3.63, 3.8) is 0 Å². The Labute approximate surface area is 216 Å². The standard InChI is InChI=1S/C25H32N8O3S/c1-32(25-26-11-8-22(29-25)28-23-15-21(30-31-23)17-6-7-17)19-9-12-33(13-10-19)16-24(34)27-18-4-3-5-20(14-18)37(2,35)36/h3-5,8,11,14-15,17,19H,6-7,9-10,12-13,16H2,1-2H3,(H,27,34)(H2,26,28,29,30,31). The number of nitrogens with one attached hydrogen (secondary N) is 3. The van der Waals surface area contributed by atoms with Crippen LogP contribution in [0.4, 0.5) is 23.3 Å². The highest BCUT2D eigenvalue weighted by atomic mass is 32.2. The molecular formula is C25H32N8O3S. The van der Waals surface area contributed by atoms with Crippen LogP contribution in [0.25, 0.3) is 0 Å². The molecule has 1 saturated carbocycles. The van der Waals surface area contributed by atoms with Crippen molar-refractivity contribution in [1.82, 2.24) is 25.1 Å². The summed E-state index contributed by atoms with van der Waals surface area (Å²) in [5.41, 5.74) is 1.64. The SMILES string of the molecule is CN(c1nccc(Nc2cc(C3CC3)[nH]n2)n1)C1CCN(CC(=O)Nc2cccc(S(C)(=O)=O)c2)CC1. The number of aromatic nitrogens is 4. The lowest BCUT2D eigenvalue weighted by molar-refractivity contribution is -0.117. The summed E-state index contributed by atoms with van der Waals surface area (Å²) in [4.78, 5) is 26.1. The summed E-state index contributed by atoms with van der Waals surface area (Å²) in [5, 5.41) is 13.5. The van der Waals surface area contributed by atoms with E-state index in [2.05, 4.69) is 40.6 Å². The zero-order chi connectivity index (χ0) is 26.0. The minimum Gasteiger partial charge on any atom is -0.341 e. The van der Waals surface area contributed by atoms with Gasteiger partial charge in [0.15, 0.2) is 15.7 Å². The summed E-state index contributed by atoms with van der Waals surface area (Å²) < 4.78 is 23.5. The highest BCUT2D eigenvalue weighted by Gasteiger charge is 2.27.